The summed E-state index contributed by atoms with van der Waals surface area (Å²) >= 11 is 0. The first-order chi connectivity index (χ1) is 14.9. The second kappa shape index (κ2) is 9.35. The van der Waals surface area contributed by atoms with Crippen molar-refractivity contribution in [3.63, 3.8) is 0 Å². The van der Waals surface area contributed by atoms with E-state index in [9.17, 15) is 18.4 Å². The zero-order valence-corrected chi connectivity index (χ0v) is 15.9. The van der Waals surface area contributed by atoms with Gasteiger partial charge in [-0.2, -0.15) is 30.0 Å². The molecular weight excluding hydrogens is 414 g/mol. The van der Waals surface area contributed by atoms with Crippen molar-refractivity contribution in [3.8, 4) is 11.4 Å². The van der Waals surface area contributed by atoms with Crippen LogP contribution in [0.25, 0.3) is 11.4 Å². The number of methoxy groups -OCH3 is 1. The van der Waals surface area contributed by atoms with E-state index in [1.54, 1.807) is 0 Å². The first-order valence-corrected chi connectivity index (χ1v) is 8.56. The van der Waals surface area contributed by atoms with Crippen molar-refractivity contribution in [2.45, 2.75) is 0 Å². The van der Waals surface area contributed by atoms with E-state index in [1.807, 2.05) is 0 Å². The fourth-order valence-electron chi connectivity index (χ4n) is 2.55. The molecule has 0 atom stereocenters. The highest BCUT2D eigenvalue weighted by Gasteiger charge is 2.19. The summed E-state index contributed by atoms with van der Waals surface area (Å²) in [6, 6.07) is 8.11. The molecule has 2 heterocycles. The summed E-state index contributed by atoms with van der Waals surface area (Å²) in [6.45, 7) is 0. The molecule has 0 saturated carbocycles. The number of rotatable bonds is 4. The fraction of sp³-hybridized carbons (Fsp3) is 0.0526. The average molecular weight is 428 g/mol. The minimum Gasteiger partial charge on any atom is -0.478 e. The molecule has 10 nitrogen and oxygen atoms in total. The molecule has 4 aromatic rings. The van der Waals surface area contributed by atoms with Gasteiger partial charge in [-0.15, -0.1) is 0 Å². The van der Waals surface area contributed by atoms with Crippen LogP contribution >= 0.6 is 0 Å². The molecule has 0 bridgehead atoms. The van der Waals surface area contributed by atoms with E-state index in [1.165, 1.54) is 62.2 Å². The normalized spacial score (nSPS) is 10.2. The summed E-state index contributed by atoms with van der Waals surface area (Å²) in [7, 11) is 1.19. The van der Waals surface area contributed by atoms with Gasteiger partial charge in [0.05, 0.1) is 31.9 Å². The van der Waals surface area contributed by atoms with Crippen molar-refractivity contribution >= 4 is 11.9 Å². The van der Waals surface area contributed by atoms with Gasteiger partial charge in [-0.3, -0.25) is 0 Å². The van der Waals surface area contributed by atoms with Crippen LogP contribution in [0, 0.1) is 11.6 Å². The number of halogens is 2. The average Bonchev–Trinajstić information content (AvgIpc) is 3.47. The highest BCUT2D eigenvalue weighted by molar-refractivity contribution is 5.93. The lowest BCUT2D eigenvalue weighted by atomic mass is 10.1. The second-order valence-electron chi connectivity index (χ2n) is 5.70. The van der Waals surface area contributed by atoms with Crippen molar-refractivity contribution in [2.75, 3.05) is 7.11 Å². The summed E-state index contributed by atoms with van der Waals surface area (Å²) in [5.74, 6) is -3.58. The van der Waals surface area contributed by atoms with E-state index in [-0.39, 0.29) is 16.9 Å². The molecule has 2 aromatic carbocycles. The molecule has 0 aliphatic rings. The van der Waals surface area contributed by atoms with Gasteiger partial charge in [0.25, 0.3) is 0 Å². The Hall–Kier alpha value is -4.48. The molecule has 0 unspecified atom stereocenters. The Balaban J connectivity index is 0.000000176. The maximum Gasteiger partial charge on any atom is 0.343 e. The van der Waals surface area contributed by atoms with Gasteiger partial charge in [0, 0.05) is 0 Å². The summed E-state index contributed by atoms with van der Waals surface area (Å²) < 4.78 is 31.3. The van der Waals surface area contributed by atoms with Gasteiger partial charge in [0.15, 0.2) is 0 Å². The summed E-state index contributed by atoms with van der Waals surface area (Å²) in [5, 5.41) is 24.0. The minimum absolute atomic E-state index is 0.104. The number of carboxylic acids is 1. The largest absolute Gasteiger partial charge is 0.478 e. The van der Waals surface area contributed by atoms with E-state index in [0.717, 1.165) is 15.7 Å². The lowest BCUT2D eigenvalue weighted by Crippen LogP contribution is -2.12. The molecule has 0 aliphatic heterocycles. The third-order valence-corrected chi connectivity index (χ3v) is 3.86. The van der Waals surface area contributed by atoms with Crippen molar-refractivity contribution in [1.82, 2.24) is 30.0 Å². The Kier molecular flexibility index (Phi) is 6.40. The molecule has 0 amide bonds. The maximum atomic E-state index is 13.5. The SMILES string of the molecule is COC(=O)c1c(F)cccc1-n1nccn1.O=C(O)c1c(F)cccc1-n1nccn1. The van der Waals surface area contributed by atoms with Crippen LogP contribution in [0.1, 0.15) is 20.7 Å². The van der Waals surface area contributed by atoms with E-state index in [2.05, 4.69) is 25.1 Å². The van der Waals surface area contributed by atoms with Crippen LogP contribution in [0.5, 0.6) is 0 Å². The summed E-state index contributed by atoms with van der Waals surface area (Å²) in [6.07, 6.45) is 5.64. The van der Waals surface area contributed by atoms with E-state index in [0.29, 0.717) is 0 Å². The molecule has 2 aromatic heterocycles. The summed E-state index contributed by atoms with van der Waals surface area (Å²) in [5.41, 5.74) is -0.265. The third kappa shape index (κ3) is 4.58. The van der Waals surface area contributed by atoms with E-state index >= 15 is 0 Å². The van der Waals surface area contributed by atoms with Crippen LogP contribution in [0.4, 0.5) is 8.78 Å². The van der Waals surface area contributed by atoms with Crippen molar-refractivity contribution < 1.29 is 28.2 Å². The number of hydrogen-bond acceptors (Lipinski definition) is 7. The van der Waals surface area contributed by atoms with Gasteiger partial charge < -0.3 is 9.84 Å². The molecule has 158 valence electrons. The Labute approximate surface area is 173 Å². The van der Waals surface area contributed by atoms with Gasteiger partial charge in [-0.1, -0.05) is 12.1 Å². The number of carbonyl (C=O) groups excluding carboxylic acids is 1. The zero-order chi connectivity index (χ0) is 22.4. The Morgan fingerprint density at radius 2 is 1.23 bits per heavy atom. The van der Waals surface area contributed by atoms with Gasteiger partial charge in [0.2, 0.25) is 0 Å². The highest BCUT2D eigenvalue weighted by atomic mass is 19.1. The standard InChI is InChI=1S/C10H8FN3O2.C9H6FN3O2/c1-16-10(15)9-7(11)3-2-4-8(9)14-12-5-6-13-14;10-6-2-1-3-7(8(6)9(14)15)13-11-4-5-12-13/h2-6H,1H3;1-5H,(H,14,15). The highest BCUT2D eigenvalue weighted by Crippen LogP contribution is 2.18. The van der Waals surface area contributed by atoms with Crippen LogP contribution in [0.15, 0.2) is 61.2 Å². The first kappa shape index (κ1) is 21.2. The molecule has 12 heteroatoms. The monoisotopic (exact) mass is 428 g/mol. The molecule has 0 aliphatic carbocycles. The molecule has 0 radical (unpaired) electrons. The third-order valence-electron chi connectivity index (χ3n) is 3.86. The number of esters is 1. The number of aromatic nitrogens is 6. The topological polar surface area (TPSA) is 125 Å². The molecule has 1 N–H and O–H groups in total. The Morgan fingerprint density at radius 3 is 1.65 bits per heavy atom. The molecule has 0 spiro atoms. The Morgan fingerprint density at radius 1 is 0.806 bits per heavy atom. The molecule has 31 heavy (non-hydrogen) atoms. The first-order valence-electron chi connectivity index (χ1n) is 8.56. The molecular formula is C19H14F2N6O4. The fourth-order valence-corrected chi connectivity index (χ4v) is 2.55. The van der Waals surface area contributed by atoms with Gasteiger partial charge >= 0.3 is 11.9 Å². The lowest BCUT2D eigenvalue weighted by Gasteiger charge is -2.07. The maximum absolute atomic E-state index is 13.5. The van der Waals surface area contributed by atoms with Crippen molar-refractivity contribution in [3.05, 3.63) is 83.9 Å². The molecule has 4 rings (SSSR count). The quantitative estimate of drug-likeness (QED) is 0.491. The number of carbonyl (C=O) groups is 2. The Bertz CT molecular complexity index is 1200. The number of carboxylic acid groups (broad SMARTS) is 1. The number of ether oxygens (including phenoxy) is 1. The molecule has 0 saturated heterocycles. The number of hydrogen-bond donors (Lipinski definition) is 1. The van der Waals surface area contributed by atoms with E-state index in [4.69, 9.17) is 5.11 Å². The predicted octanol–water partition coefficient (Wildman–Crippen LogP) is 2.30. The summed E-state index contributed by atoms with van der Waals surface area (Å²) in [4.78, 5) is 24.5. The predicted molar refractivity (Wildman–Crippen MR) is 101 cm³/mol. The second-order valence-corrected chi connectivity index (χ2v) is 5.70. The van der Waals surface area contributed by atoms with Crippen LogP contribution in [0.2, 0.25) is 0 Å². The number of benzene rings is 2. The van der Waals surface area contributed by atoms with Gasteiger partial charge in [0.1, 0.15) is 34.1 Å². The van der Waals surface area contributed by atoms with Crippen LogP contribution < -0.4 is 0 Å². The van der Waals surface area contributed by atoms with Crippen LogP contribution in [0.3, 0.4) is 0 Å². The molecule has 0 fully saturated rings. The zero-order valence-electron chi connectivity index (χ0n) is 15.9. The van der Waals surface area contributed by atoms with Crippen molar-refractivity contribution in [2.24, 2.45) is 0 Å². The van der Waals surface area contributed by atoms with Crippen molar-refractivity contribution in [1.29, 1.82) is 0 Å². The van der Waals surface area contributed by atoms with Gasteiger partial charge in [-0.05, 0) is 24.3 Å². The lowest BCUT2D eigenvalue weighted by molar-refractivity contribution is 0.0594. The van der Waals surface area contributed by atoms with Crippen LogP contribution in [-0.4, -0.2) is 54.1 Å². The minimum atomic E-state index is -1.35. The van der Waals surface area contributed by atoms with Crippen LogP contribution in [-0.2, 0) is 4.74 Å². The number of aromatic carboxylic acids is 1. The van der Waals surface area contributed by atoms with E-state index < -0.39 is 29.1 Å². The number of nitrogens with zero attached hydrogens (tertiary/aromatic N) is 6. The smallest absolute Gasteiger partial charge is 0.343 e. The van der Waals surface area contributed by atoms with Gasteiger partial charge in [-0.25, -0.2) is 18.4 Å².